The highest BCUT2D eigenvalue weighted by atomic mass is 16.5. The Morgan fingerprint density at radius 1 is 1.14 bits per heavy atom. The molecule has 3 aromatic rings. The predicted octanol–water partition coefficient (Wildman–Crippen LogP) is 4.25. The molecule has 0 atom stereocenters. The van der Waals surface area contributed by atoms with Crippen molar-refractivity contribution in [1.29, 1.82) is 5.26 Å². The van der Waals surface area contributed by atoms with E-state index in [1.807, 2.05) is 60.2 Å². The maximum absolute atomic E-state index is 9.53. The van der Waals surface area contributed by atoms with Crippen LogP contribution in [0.25, 0.3) is 22.6 Å². The number of ether oxygens (including phenoxy) is 1. The van der Waals surface area contributed by atoms with Gasteiger partial charge in [0.15, 0.2) is 0 Å². The van der Waals surface area contributed by atoms with Crippen molar-refractivity contribution in [1.82, 2.24) is 4.57 Å². The third kappa shape index (κ3) is 2.47. The van der Waals surface area contributed by atoms with Crippen molar-refractivity contribution in [3.05, 3.63) is 65.9 Å². The average Bonchev–Trinajstić information content (AvgIpc) is 2.90. The quantitative estimate of drug-likeness (QED) is 0.676. The summed E-state index contributed by atoms with van der Waals surface area (Å²) < 4.78 is 7.20. The van der Waals surface area contributed by atoms with E-state index in [0.29, 0.717) is 5.57 Å². The van der Waals surface area contributed by atoms with Gasteiger partial charge in [-0.3, -0.25) is 0 Å². The fourth-order valence-corrected chi connectivity index (χ4v) is 2.58. The molecule has 2 aromatic carbocycles. The number of benzene rings is 2. The van der Waals surface area contributed by atoms with Gasteiger partial charge in [0.2, 0.25) is 0 Å². The molecule has 22 heavy (non-hydrogen) atoms. The minimum Gasteiger partial charge on any atom is -0.497 e. The van der Waals surface area contributed by atoms with Crippen LogP contribution in [0.5, 0.6) is 5.75 Å². The average molecular weight is 288 g/mol. The lowest BCUT2D eigenvalue weighted by Gasteiger charge is -2.04. The number of nitrogens with zero attached hydrogens (tertiary/aromatic N) is 2. The lowest BCUT2D eigenvalue weighted by Crippen LogP contribution is -1.94. The summed E-state index contributed by atoms with van der Waals surface area (Å²) >= 11 is 0. The Balaban J connectivity index is 2.07. The maximum Gasteiger partial charge on any atom is 0.118 e. The second kappa shape index (κ2) is 5.79. The van der Waals surface area contributed by atoms with Crippen LogP contribution in [0.2, 0.25) is 0 Å². The lowest BCUT2D eigenvalue weighted by molar-refractivity contribution is 0.415. The minimum absolute atomic E-state index is 0.642. The molecule has 0 amide bonds. The van der Waals surface area contributed by atoms with Gasteiger partial charge in [0, 0.05) is 18.0 Å². The van der Waals surface area contributed by atoms with Gasteiger partial charge in [-0.15, -0.1) is 0 Å². The molecule has 3 heteroatoms. The van der Waals surface area contributed by atoms with Gasteiger partial charge in [0.05, 0.1) is 18.4 Å². The van der Waals surface area contributed by atoms with Crippen molar-refractivity contribution in [2.45, 2.75) is 0 Å². The van der Waals surface area contributed by atoms with E-state index in [2.05, 4.69) is 18.2 Å². The molecule has 0 spiro atoms. The Hall–Kier alpha value is -2.99. The third-order valence-electron chi connectivity index (χ3n) is 3.77. The van der Waals surface area contributed by atoms with Crippen molar-refractivity contribution < 1.29 is 4.74 Å². The molecule has 0 radical (unpaired) electrons. The highest BCUT2D eigenvalue weighted by Gasteiger charge is 2.09. The topological polar surface area (TPSA) is 37.9 Å². The Morgan fingerprint density at radius 3 is 2.50 bits per heavy atom. The zero-order valence-corrected chi connectivity index (χ0v) is 12.6. The summed E-state index contributed by atoms with van der Waals surface area (Å²) in [5.74, 6) is 0.806. The first-order valence-corrected chi connectivity index (χ1v) is 7.03. The summed E-state index contributed by atoms with van der Waals surface area (Å²) in [6.07, 6.45) is 1.90. The zero-order chi connectivity index (χ0) is 15.5. The molecule has 108 valence electrons. The van der Waals surface area contributed by atoms with Crippen LogP contribution in [-0.2, 0) is 7.05 Å². The number of methoxy groups -OCH3 is 1. The highest BCUT2D eigenvalue weighted by Crippen LogP contribution is 2.25. The van der Waals surface area contributed by atoms with E-state index in [9.17, 15) is 5.26 Å². The monoisotopic (exact) mass is 288 g/mol. The van der Waals surface area contributed by atoms with Gasteiger partial charge in [-0.25, -0.2) is 0 Å². The van der Waals surface area contributed by atoms with Gasteiger partial charge in [-0.1, -0.05) is 30.3 Å². The normalized spacial score (nSPS) is 11.4. The molecule has 1 aromatic heterocycles. The van der Waals surface area contributed by atoms with Crippen LogP contribution in [0.4, 0.5) is 0 Å². The van der Waals surface area contributed by atoms with Gasteiger partial charge in [-0.05, 0) is 35.9 Å². The predicted molar refractivity (Wildman–Crippen MR) is 89.4 cm³/mol. The molecule has 0 aliphatic rings. The van der Waals surface area contributed by atoms with E-state index in [1.54, 1.807) is 7.11 Å². The van der Waals surface area contributed by atoms with Crippen LogP contribution < -0.4 is 4.74 Å². The van der Waals surface area contributed by atoms with Gasteiger partial charge in [0.1, 0.15) is 11.8 Å². The van der Waals surface area contributed by atoms with Crippen LogP contribution in [-0.4, -0.2) is 11.7 Å². The standard InChI is InChI=1S/C19H16N2O/c1-21-18-6-4-3-5-15(18)12-19(21)16(13-20)11-14-7-9-17(22-2)10-8-14/h3-12H,1-2H3/b16-11+. The first kappa shape index (κ1) is 14.0. The number of aromatic nitrogens is 1. The number of hydrogen-bond donors (Lipinski definition) is 0. The molecule has 0 aliphatic heterocycles. The van der Waals surface area contributed by atoms with Crippen molar-refractivity contribution in [3.8, 4) is 11.8 Å². The molecular weight excluding hydrogens is 272 g/mol. The number of allylic oxidation sites excluding steroid dienone is 1. The van der Waals surface area contributed by atoms with E-state index in [4.69, 9.17) is 4.74 Å². The highest BCUT2D eigenvalue weighted by molar-refractivity contribution is 5.94. The summed E-state index contributed by atoms with van der Waals surface area (Å²) in [4.78, 5) is 0. The minimum atomic E-state index is 0.642. The van der Waals surface area contributed by atoms with Crippen LogP contribution in [0, 0.1) is 11.3 Å². The van der Waals surface area contributed by atoms with Gasteiger partial charge in [-0.2, -0.15) is 5.26 Å². The number of hydrogen-bond acceptors (Lipinski definition) is 2. The number of rotatable bonds is 3. The SMILES string of the molecule is COc1ccc(/C=C(\C#N)c2cc3ccccc3n2C)cc1. The smallest absolute Gasteiger partial charge is 0.118 e. The third-order valence-corrected chi connectivity index (χ3v) is 3.77. The first-order chi connectivity index (χ1) is 10.7. The largest absolute Gasteiger partial charge is 0.497 e. The summed E-state index contributed by atoms with van der Waals surface area (Å²) in [6, 6.07) is 20.1. The van der Waals surface area contributed by atoms with Crippen molar-refractivity contribution in [3.63, 3.8) is 0 Å². The van der Waals surface area contributed by atoms with Crippen molar-refractivity contribution in [2.24, 2.45) is 7.05 Å². The molecular formula is C19H16N2O. The van der Waals surface area contributed by atoms with Crippen LogP contribution >= 0.6 is 0 Å². The Bertz CT molecular complexity index is 880. The molecule has 0 fully saturated rings. The number of fused-ring (bicyclic) bond motifs is 1. The lowest BCUT2D eigenvalue weighted by atomic mass is 10.1. The second-order valence-corrected chi connectivity index (χ2v) is 5.09. The Labute approximate surface area is 129 Å². The fourth-order valence-electron chi connectivity index (χ4n) is 2.58. The van der Waals surface area contributed by atoms with Crippen LogP contribution in [0.3, 0.4) is 0 Å². The van der Waals surface area contributed by atoms with E-state index in [0.717, 1.165) is 27.9 Å². The number of nitriles is 1. The molecule has 3 nitrogen and oxygen atoms in total. The van der Waals surface area contributed by atoms with Crippen LogP contribution in [0.1, 0.15) is 11.3 Å². The molecule has 1 heterocycles. The summed E-state index contributed by atoms with van der Waals surface area (Å²) in [7, 11) is 3.62. The summed E-state index contributed by atoms with van der Waals surface area (Å²) in [5, 5.41) is 10.7. The van der Waals surface area contributed by atoms with E-state index >= 15 is 0 Å². The molecule has 0 aliphatic carbocycles. The molecule has 0 N–H and O–H groups in total. The number of aryl methyl sites for hydroxylation is 1. The van der Waals surface area contributed by atoms with Crippen molar-refractivity contribution >= 4 is 22.6 Å². The summed E-state index contributed by atoms with van der Waals surface area (Å²) in [5.41, 5.74) is 3.65. The van der Waals surface area contributed by atoms with Crippen LogP contribution in [0.15, 0.2) is 54.6 Å². The van der Waals surface area contributed by atoms with E-state index in [1.165, 1.54) is 0 Å². The van der Waals surface area contributed by atoms with Gasteiger partial charge < -0.3 is 9.30 Å². The molecule has 0 unspecified atom stereocenters. The molecule has 0 saturated carbocycles. The second-order valence-electron chi connectivity index (χ2n) is 5.09. The number of para-hydroxylation sites is 1. The fraction of sp³-hybridized carbons (Fsp3) is 0.105. The van der Waals surface area contributed by atoms with E-state index in [-0.39, 0.29) is 0 Å². The Kier molecular flexibility index (Phi) is 3.67. The summed E-state index contributed by atoms with van der Waals surface area (Å²) in [6.45, 7) is 0. The zero-order valence-electron chi connectivity index (χ0n) is 12.6. The maximum atomic E-state index is 9.53. The van der Waals surface area contributed by atoms with Gasteiger partial charge >= 0.3 is 0 Å². The van der Waals surface area contributed by atoms with E-state index < -0.39 is 0 Å². The molecule has 3 rings (SSSR count). The first-order valence-electron chi connectivity index (χ1n) is 7.03. The van der Waals surface area contributed by atoms with Gasteiger partial charge in [0.25, 0.3) is 0 Å². The Morgan fingerprint density at radius 2 is 1.86 bits per heavy atom. The molecule has 0 bridgehead atoms. The molecule has 0 saturated heterocycles. The van der Waals surface area contributed by atoms with Crippen molar-refractivity contribution in [2.75, 3.05) is 7.11 Å².